The van der Waals surface area contributed by atoms with Crippen LogP contribution >= 0.6 is 23.2 Å². The largest absolute Gasteiger partial charge is 0.282 e. The quantitative estimate of drug-likeness (QED) is 0.586. The second kappa shape index (κ2) is 8.27. The zero-order chi connectivity index (χ0) is 19.6. The topological polar surface area (TPSA) is 95.6 Å². The number of imide groups is 1. The van der Waals surface area contributed by atoms with Gasteiger partial charge < -0.3 is 0 Å². The van der Waals surface area contributed by atoms with Crippen molar-refractivity contribution in [2.45, 2.75) is 32.1 Å². The Morgan fingerprint density at radius 3 is 2.30 bits per heavy atom. The number of hydrogen-bond acceptors (Lipinski definition) is 4. The molecule has 144 valence electrons. The van der Waals surface area contributed by atoms with E-state index >= 15 is 0 Å². The Hall–Kier alpha value is -2.12. The van der Waals surface area contributed by atoms with Gasteiger partial charge in [0.15, 0.2) is 0 Å². The summed E-state index contributed by atoms with van der Waals surface area (Å²) < 4.78 is 0. The predicted octanol–water partition coefficient (Wildman–Crippen LogP) is 2.32. The van der Waals surface area contributed by atoms with Gasteiger partial charge in [0.2, 0.25) is 17.7 Å². The molecule has 4 amide bonds. The highest BCUT2D eigenvalue weighted by Gasteiger charge is 2.47. The highest BCUT2D eigenvalue weighted by molar-refractivity contribution is 6.35. The predicted molar refractivity (Wildman–Crippen MR) is 98.9 cm³/mol. The summed E-state index contributed by atoms with van der Waals surface area (Å²) in [4.78, 5) is 49.9. The number of nitrogens with zero attached hydrogens (tertiary/aromatic N) is 1. The maximum atomic E-state index is 12.4. The van der Waals surface area contributed by atoms with Crippen molar-refractivity contribution >= 4 is 46.8 Å². The van der Waals surface area contributed by atoms with Crippen LogP contribution in [0.4, 0.5) is 0 Å². The fourth-order valence-corrected chi connectivity index (χ4v) is 3.97. The Labute approximate surface area is 166 Å². The van der Waals surface area contributed by atoms with Gasteiger partial charge in [0.25, 0.3) is 5.91 Å². The summed E-state index contributed by atoms with van der Waals surface area (Å²) in [6, 6.07) is 4.40. The first-order valence-corrected chi connectivity index (χ1v) is 9.53. The van der Waals surface area contributed by atoms with Gasteiger partial charge in [-0.1, -0.05) is 36.0 Å². The van der Waals surface area contributed by atoms with Gasteiger partial charge in [-0.3, -0.25) is 34.9 Å². The van der Waals surface area contributed by atoms with Gasteiger partial charge in [0.1, 0.15) is 0 Å². The second-order valence-electron chi connectivity index (χ2n) is 6.70. The molecular weight excluding hydrogens is 393 g/mol. The molecule has 1 aliphatic carbocycles. The van der Waals surface area contributed by atoms with Gasteiger partial charge in [0.05, 0.1) is 22.4 Å². The van der Waals surface area contributed by atoms with Crippen molar-refractivity contribution in [3.8, 4) is 0 Å². The van der Waals surface area contributed by atoms with Crippen LogP contribution in [-0.2, 0) is 14.4 Å². The molecule has 1 aromatic carbocycles. The van der Waals surface area contributed by atoms with Crippen LogP contribution < -0.4 is 10.9 Å². The molecular formula is C18H19Cl2N3O4. The van der Waals surface area contributed by atoms with Crippen LogP contribution in [-0.4, -0.2) is 35.1 Å². The van der Waals surface area contributed by atoms with Crippen molar-refractivity contribution in [2.75, 3.05) is 6.54 Å². The molecule has 9 heteroatoms. The average Bonchev–Trinajstić information content (AvgIpc) is 2.91. The third-order valence-electron chi connectivity index (χ3n) is 4.98. The lowest BCUT2D eigenvalue weighted by atomic mass is 9.81. The first-order valence-electron chi connectivity index (χ1n) is 8.78. The average molecular weight is 412 g/mol. The first kappa shape index (κ1) is 19.6. The van der Waals surface area contributed by atoms with Crippen molar-refractivity contribution in [3.05, 3.63) is 33.8 Å². The molecule has 1 aliphatic heterocycles. The molecule has 0 aromatic heterocycles. The van der Waals surface area contributed by atoms with E-state index < -0.39 is 11.8 Å². The summed E-state index contributed by atoms with van der Waals surface area (Å²) in [7, 11) is 0. The number of hydrogen-bond donors (Lipinski definition) is 2. The SMILES string of the molecule is O=C(CCN1C(=O)[C@H]2CCCC[C@@H]2C1=O)NNC(=O)c1cc(Cl)ccc1Cl. The van der Waals surface area contributed by atoms with Gasteiger partial charge >= 0.3 is 0 Å². The molecule has 1 heterocycles. The normalized spacial score (nSPS) is 21.8. The Bertz CT molecular complexity index is 775. The number of likely N-dealkylation sites (tertiary alicyclic amines) is 1. The molecule has 0 bridgehead atoms. The number of nitrogens with one attached hydrogen (secondary N) is 2. The smallest absolute Gasteiger partial charge is 0.271 e. The molecule has 0 radical (unpaired) electrons. The zero-order valence-electron chi connectivity index (χ0n) is 14.5. The number of benzene rings is 1. The van der Waals surface area contributed by atoms with Crippen molar-refractivity contribution < 1.29 is 19.2 Å². The Balaban J connectivity index is 1.50. The highest BCUT2D eigenvalue weighted by atomic mass is 35.5. The molecule has 2 N–H and O–H groups in total. The van der Waals surface area contributed by atoms with Crippen molar-refractivity contribution in [1.29, 1.82) is 0 Å². The van der Waals surface area contributed by atoms with E-state index in [-0.39, 0.29) is 47.2 Å². The Kier molecular flexibility index (Phi) is 6.01. The summed E-state index contributed by atoms with van der Waals surface area (Å²) >= 11 is 11.8. The van der Waals surface area contributed by atoms with E-state index in [0.717, 1.165) is 25.7 Å². The van der Waals surface area contributed by atoms with E-state index in [2.05, 4.69) is 10.9 Å². The number of fused-ring (bicyclic) bond motifs is 1. The lowest BCUT2D eigenvalue weighted by molar-refractivity contribution is -0.140. The highest BCUT2D eigenvalue weighted by Crippen LogP contribution is 2.37. The van der Waals surface area contributed by atoms with E-state index in [1.807, 2.05) is 0 Å². The molecule has 1 aromatic rings. The third-order valence-corrected chi connectivity index (χ3v) is 5.55. The summed E-state index contributed by atoms with van der Waals surface area (Å²) in [5.41, 5.74) is 4.62. The minimum atomic E-state index is -0.616. The van der Waals surface area contributed by atoms with E-state index in [9.17, 15) is 19.2 Å². The molecule has 2 fully saturated rings. The van der Waals surface area contributed by atoms with E-state index in [0.29, 0.717) is 5.02 Å². The van der Waals surface area contributed by atoms with E-state index in [1.165, 1.54) is 17.0 Å². The molecule has 2 atom stereocenters. The lowest BCUT2D eigenvalue weighted by Gasteiger charge is -2.19. The standard InChI is InChI=1S/C18H19Cl2N3O4/c19-10-5-6-14(20)13(9-10)16(25)22-21-15(24)7-8-23-17(26)11-3-1-2-4-12(11)18(23)27/h5-6,9,11-12H,1-4,7-8H2,(H,21,24)(H,22,25)/t11-,12-/m0/s1. The number of hydrazine groups is 1. The molecule has 3 rings (SSSR count). The summed E-state index contributed by atoms with van der Waals surface area (Å²) in [5, 5.41) is 0.533. The van der Waals surface area contributed by atoms with Crippen molar-refractivity contribution in [2.24, 2.45) is 11.8 Å². The molecule has 7 nitrogen and oxygen atoms in total. The minimum absolute atomic E-state index is 0.00426. The number of halogens is 2. The van der Waals surface area contributed by atoms with Crippen LogP contribution in [0.5, 0.6) is 0 Å². The van der Waals surface area contributed by atoms with Crippen LogP contribution in [0, 0.1) is 11.8 Å². The zero-order valence-corrected chi connectivity index (χ0v) is 16.0. The van der Waals surface area contributed by atoms with Gasteiger partial charge in [-0.25, -0.2) is 0 Å². The van der Waals surface area contributed by atoms with E-state index in [1.54, 1.807) is 6.07 Å². The van der Waals surface area contributed by atoms with Crippen LogP contribution in [0.15, 0.2) is 18.2 Å². The maximum absolute atomic E-state index is 12.4. The molecule has 0 spiro atoms. The third kappa shape index (κ3) is 4.25. The minimum Gasteiger partial charge on any atom is -0.282 e. The maximum Gasteiger partial charge on any atom is 0.271 e. The molecule has 1 saturated heterocycles. The number of rotatable bonds is 4. The van der Waals surface area contributed by atoms with Crippen LogP contribution in [0.25, 0.3) is 0 Å². The number of carbonyl (C=O) groups excluding carboxylic acids is 4. The van der Waals surface area contributed by atoms with Crippen molar-refractivity contribution in [1.82, 2.24) is 15.8 Å². The molecule has 0 unspecified atom stereocenters. The van der Waals surface area contributed by atoms with Gasteiger partial charge in [0, 0.05) is 18.0 Å². The van der Waals surface area contributed by atoms with Gasteiger partial charge in [-0.05, 0) is 31.0 Å². The summed E-state index contributed by atoms with van der Waals surface area (Å²) in [6.07, 6.45) is 3.27. The van der Waals surface area contributed by atoms with Crippen molar-refractivity contribution in [3.63, 3.8) is 0 Å². The summed E-state index contributed by atoms with van der Waals surface area (Å²) in [6.45, 7) is 0.00426. The van der Waals surface area contributed by atoms with Gasteiger partial charge in [-0.2, -0.15) is 0 Å². The van der Waals surface area contributed by atoms with Crippen LogP contribution in [0.2, 0.25) is 10.0 Å². The molecule has 27 heavy (non-hydrogen) atoms. The van der Waals surface area contributed by atoms with E-state index in [4.69, 9.17) is 23.2 Å². The summed E-state index contributed by atoms with van der Waals surface area (Å²) in [5.74, 6) is -1.98. The molecule has 2 aliphatic rings. The first-order chi connectivity index (χ1) is 12.9. The van der Waals surface area contributed by atoms with Gasteiger partial charge in [-0.15, -0.1) is 0 Å². The number of amides is 4. The lowest BCUT2D eigenvalue weighted by Crippen LogP contribution is -2.43. The van der Waals surface area contributed by atoms with Crippen LogP contribution in [0.3, 0.4) is 0 Å². The van der Waals surface area contributed by atoms with Crippen LogP contribution in [0.1, 0.15) is 42.5 Å². The molecule has 1 saturated carbocycles. The second-order valence-corrected chi connectivity index (χ2v) is 7.55. The fourth-order valence-electron chi connectivity index (χ4n) is 3.59. The Morgan fingerprint density at radius 1 is 1.04 bits per heavy atom. The monoisotopic (exact) mass is 411 g/mol. The fraction of sp³-hybridized carbons (Fsp3) is 0.444. The number of carbonyl (C=O) groups is 4. The Morgan fingerprint density at radius 2 is 1.67 bits per heavy atom.